The molecule has 0 unspecified atom stereocenters. The Kier molecular flexibility index (Phi) is 8.69. The van der Waals surface area contributed by atoms with Gasteiger partial charge in [0, 0.05) is 22.9 Å². The number of anilines is 1. The molecule has 6 rings (SSSR count). The number of nitrogens with zero attached hydrogens (tertiary/aromatic N) is 5. The average Bonchev–Trinajstić information content (AvgIpc) is 3.62. The van der Waals surface area contributed by atoms with Gasteiger partial charge in [0.25, 0.3) is 11.8 Å². The molecule has 10 nitrogen and oxygen atoms in total. The van der Waals surface area contributed by atoms with Crippen molar-refractivity contribution in [3.63, 3.8) is 0 Å². The van der Waals surface area contributed by atoms with Gasteiger partial charge in [-0.05, 0) is 36.4 Å². The van der Waals surface area contributed by atoms with Crippen LogP contribution in [0.1, 0.15) is 33.9 Å². The van der Waals surface area contributed by atoms with Crippen LogP contribution >= 0.6 is 23.4 Å². The minimum atomic E-state index is -0.681. The van der Waals surface area contributed by atoms with Gasteiger partial charge in [0.1, 0.15) is 19.0 Å². The Morgan fingerprint density at radius 3 is 2.07 bits per heavy atom. The minimum absolute atomic E-state index is 0.0242. The number of alkyl halides is 1. The molecule has 5 aromatic rings. The summed E-state index contributed by atoms with van der Waals surface area (Å²) in [5, 5.41) is -0.887. The van der Waals surface area contributed by atoms with E-state index in [1.807, 2.05) is 30.3 Å². The van der Waals surface area contributed by atoms with Crippen LogP contribution in [0.2, 0.25) is 0 Å². The third-order valence-corrected chi connectivity index (χ3v) is 9.05. The van der Waals surface area contributed by atoms with Crippen LogP contribution < -0.4 is 4.90 Å². The zero-order valence-corrected chi connectivity index (χ0v) is 25.0. The van der Waals surface area contributed by atoms with Crippen molar-refractivity contribution in [2.75, 3.05) is 11.5 Å². The molecule has 1 aliphatic heterocycles. The van der Waals surface area contributed by atoms with Crippen molar-refractivity contribution in [2.24, 2.45) is 0 Å². The quantitative estimate of drug-likeness (QED) is 0.124. The lowest BCUT2D eigenvalue weighted by Gasteiger charge is -2.22. The second-order valence-corrected chi connectivity index (χ2v) is 11.7. The number of aromatic nitrogens is 4. The van der Waals surface area contributed by atoms with Crippen LogP contribution in [0.3, 0.4) is 0 Å². The summed E-state index contributed by atoms with van der Waals surface area (Å²) >= 11 is 8.46. The van der Waals surface area contributed by atoms with Gasteiger partial charge in [0.2, 0.25) is 0 Å². The highest BCUT2D eigenvalue weighted by Gasteiger charge is 2.46. The SMILES string of the molecule is CC(=O)OC[C@H]1O[C@@H](n2cnc3c(N(C(=O)c4ccccc4)C(=O)c4ccccc4)ncnc32)[C@@H](Sc2ccccc2)[C@@H]1Cl. The fourth-order valence-electron chi connectivity index (χ4n) is 4.93. The van der Waals surface area contributed by atoms with Crippen molar-refractivity contribution in [1.82, 2.24) is 19.5 Å². The third kappa shape index (κ3) is 5.94. The van der Waals surface area contributed by atoms with Gasteiger partial charge in [-0.1, -0.05) is 54.6 Å². The number of hydrogen-bond donors (Lipinski definition) is 0. The summed E-state index contributed by atoms with van der Waals surface area (Å²) in [7, 11) is 0. The van der Waals surface area contributed by atoms with Gasteiger partial charge in [0.15, 0.2) is 23.2 Å². The second kappa shape index (κ2) is 13.0. The van der Waals surface area contributed by atoms with E-state index in [0.717, 1.165) is 9.80 Å². The molecule has 3 heterocycles. The first-order valence-electron chi connectivity index (χ1n) is 13.7. The number of halogens is 1. The maximum absolute atomic E-state index is 13.9. The molecule has 4 atom stereocenters. The van der Waals surface area contributed by atoms with Crippen LogP contribution in [0.25, 0.3) is 11.2 Å². The topological polar surface area (TPSA) is 117 Å². The number of hydrogen-bond acceptors (Lipinski definition) is 9. The fourth-order valence-corrected chi connectivity index (χ4v) is 6.58. The van der Waals surface area contributed by atoms with Crippen LogP contribution in [0.4, 0.5) is 5.82 Å². The van der Waals surface area contributed by atoms with Crippen molar-refractivity contribution in [3.05, 3.63) is 115 Å². The molecule has 1 aliphatic rings. The van der Waals surface area contributed by atoms with E-state index in [1.54, 1.807) is 65.2 Å². The summed E-state index contributed by atoms with van der Waals surface area (Å²) in [6, 6.07) is 26.7. The van der Waals surface area contributed by atoms with E-state index in [0.29, 0.717) is 16.8 Å². The fraction of sp³-hybridized carbons (Fsp3) is 0.188. The maximum atomic E-state index is 13.9. The van der Waals surface area contributed by atoms with Crippen molar-refractivity contribution in [1.29, 1.82) is 0 Å². The van der Waals surface area contributed by atoms with Crippen molar-refractivity contribution in [2.45, 2.75) is 34.8 Å². The highest BCUT2D eigenvalue weighted by Crippen LogP contribution is 2.44. The number of rotatable bonds is 8. The second-order valence-electron chi connectivity index (χ2n) is 9.91. The van der Waals surface area contributed by atoms with E-state index in [2.05, 4.69) is 15.0 Å². The first-order valence-corrected chi connectivity index (χ1v) is 15.0. The monoisotopic (exact) mass is 627 g/mol. The predicted molar refractivity (Wildman–Crippen MR) is 166 cm³/mol. The number of carbonyl (C=O) groups excluding carboxylic acids is 3. The summed E-state index contributed by atoms with van der Waals surface area (Å²) in [4.78, 5) is 54.7. The Bertz CT molecular complexity index is 1740. The largest absolute Gasteiger partial charge is 0.463 e. The van der Waals surface area contributed by atoms with Crippen LogP contribution in [0, 0.1) is 0 Å². The van der Waals surface area contributed by atoms with E-state index in [-0.39, 0.29) is 23.2 Å². The van der Waals surface area contributed by atoms with Crippen LogP contribution in [-0.2, 0) is 14.3 Å². The van der Waals surface area contributed by atoms with Gasteiger partial charge in [-0.25, -0.2) is 19.9 Å². The maximum Gasteiger partial charge on any atom is 0.302 e. The highest BCUT2D eigenvalue weighted by atomic mass is 35.5. The molecule has 0 saturated carbocycles. The first-order chi connectivity index (χ1) is 21.4. The van der Waals surface area contributed by atoms with E-state index in [4.69, 9.17) is 21.1 Å². The molecule has 0 aliphatic carbocycles. The predicted octanol–water partition coefficient (Wildman–Crippen LogP) is 5.54. The molecular weight excluding hydrogens is 602 g/mol. The standard InChI is InChI=1S/C32H26ClN5O5S/c1-20(39)42-17-24-25(33)27(44-23-15-9-4-10-16-23)32(43-24)37-19-36-26-28(37)34-18-35-29(26)38(30(40)21-11-5-2-6-12-21)31(41)22-13-7-3-8-14-22/h2-16,18-19,24-25,27,32H,17H2,1H3/t24-,25-,27+,32-/m1/s1. The first kappa shape index (κ1) is 29.5. The zero-order chi connectivity index (χ0) is 30.6. The number of imidazole rings is 1. The molecule has 1 saturated heterocycles. The molecule has 0 radical (unpaired) electrons. The van der Waals surface area contributed by atoms with E-state index in [9.17, 15) is 14.4 Å². The Morgan fingerprint density at radius 2 is 1.48 bits per heavy atom. The van der Waals surface area contributed by atoms with Crippen LogP contribution in [0.5, 0.6) is 0 Å². The lowest BCUT2D eigenvalue weighted by Crippen LogP contribution is -2.38. The van der Waals surface area contributed by atoms with Crippen molar-refractivity contribution in [3.8, 4) is 0 Å². The summed E-state index contributed by atoms with van der Waals surface area (Å²) in [5.41, 5.74) is 1.17. The van der Waals surface area contributed by atoms with E-state index >= 15 is 0 Å². The number of ether oxygens (including phenoxy) is 2. The molecule has 2 amide bonds. The number of thioether (sulfide) groups is 1. The molecular formula is C32H26ClN5O5S. The smallest absolute Gasteiger partial charge is 0.302 e. The normalized spacial score (nSPS) is 19.5. The molecule has 3 aromatic carbocycles. The van der Waals surface area contributed by atoms with Gasteiger partial charge in [-0.15, -0.1) is 23.4 Å². The lowest BCUT2D eigenvalue weighted by atomic mass is 10.1. The molecule has 1 fully saturated rings. The van der Waals surface area contributed by atoms with Gasteiger partial charge >= 0.3 is 5.97 Å². The number of amides is 2. The minimum Gasteiger partial charge on any atom is -0.463 e. The van der Waals surface area contributed by atoms with Crippen molar-refractivity contribution < 1.29 is 23.9 Å². The Morgan fingerprint density at radius 1 is 0.886 bits per heavy atom. The number of benzene rings is 3. The highest BCUT2D eigenvalue weighted by molar-refractivity contribution is 8.00. The molecule has 0 N–H and O–H groups in total. The number of esters is 1. The molecule has 222 valence electrons. The summed E-state index contributed by atoms with van der Waals surface area (Å²) in [6.45, 7) is 1.30. The summed E-state index contributed by atoms with van der Waals surface area (Å²) < 4.78 is 13.3. The van der Waals surface area contributed by atoms with Gasteiger partial charge < -0.3 is 9.47 Å². The Hall–Kier alpha value is -4.58. The molecule has 0 bridgehead atoms. The third-order valence-electron chi connectivity index (χ3n) is 7.00. The molecule has 0 spiro atoms. The summed E-state index contributed by atoms with van der Waals surface area (Å²) in [6.07, 6.45) is 1.52. The lowest BCUT2D eigenvalue weighted by molar-refractivity contribution is -0.145. The van der Waals surface area contributed by atoms with Gasteiger partial charge in [-0.3, -0.25) is 19.0 Å². The zero-order valence-electron chi connectivity index (χ0n) is 23.4. The van der Waals surface area contributed by atoms with Gasteiger partial charge in [0.05, 0.1) is 17.0 Å². The number of fused-ring (bicyclic) bond motifs is 1. The molecule has 2 aromatic heterocycles. The van der Waals surface area contributed by atoms with Crippen molar-refractivity contribution >= 4 is 58.1 Å². The van der Waals surface area contributed by atoms with Crippen LogP contribution in [0.15, 0.2) is 109 Å². The van der Waals surface area contributed by atoms with Crippen LogP contribution in [-0.4, -0.2) is 60.6 Å². The molecule has 44 heavy (non-hydrogen) atoms. The number of imide groups is 1. The molecule has 12 heteroatoms. The van der Waals surface area contributed by atoms with E-state index < -0.39 is 35.5 Å². The van der Waals surface area contributed by atoms with E-state index in [1.165, 1.54) is 31.3 Å². The average molecular weight is 628 g/mol. The Labute approximate surface area is 262 Å². The number of carbonyl (C=O) groups is 3. The Balaban J connectivity index is 1.42. The summed E-state index contributed by atoms with van der Waals surface area (Å²) in [5.74, 6) is -1.54. The van der Waals surface area contributed by atoms with Gasteiger partial charge in [-0.2, -0.15) is 0 Å².